The lowest BCUT2D eigenvalue weighted by Gasteiger charge is -2.40. The quantitative estimate of drug-likeness (QED) is 0.0873. The van der Waals surface area contributed by atoms with Crippen molar-refractivity contribution in [2.45, 2.75) is 118 Å². The molecule has 6 aromatic rings. The molecule has 4 N–H and O–H groups in total. The van der Waals surface area contributed by atoms with Crippen molar-refractivity contribution in [3.63, 3.8) is 0 Å². The molecule has 0 radical (unpaired) electrons. The fourth-order valence-corrected chi connectivity index (χ4v) is 7.71. The number of nitrogens with one attached hydrogen (secondary N) is 2. The van der Waals surface area contributed by atoms with Crippen molar-refractivity contribution in [1.29, 1.82) is 0 Å². The molecule has 8 rings (SSSR count). The zero-order valence-electron chi connectivity index (χ0n) is 41.5. The summed E-state index contributed by atoms with van der Waals surface area (Å²) in [5, 5.41) is 13.7. The summed E-state index contributed by atoms with van der Waals surface area (Å²) in [6.07, 6.45) is 12.4. The van der Waals surface area contributed by atoms with Crippen LogP contribution in [0.2, 0.25) is 5.28 Å². The summed E-state index contributed by atoms with van der Waals surface area (Å²) < 4.78 is 17.5. The van der Waals surface area contributed by atoms with Crippen molar-refractivity contribution in [2.75, 3.05) is 37.2 Å². The number of hydrogen-bond donors (Lipinski definition) is 3. The number of anilines is 3. The fourth-order valence-electron chi connectivity index (χ4n) is 7.57. The average Bonchev–Trinajstić information content (AvgIpc) is 3.96. The number of nitrogen functional groups attached to an aromatic ring is 1. The number of H-pyrrole nitrogens is 1. The topological polar surface area (TPSA) is 221 Å². The number of halogens is 1. The number of likely N-dealkylation sites (tertiary alicyclic amines) is 2. The van der Waals surface area contributed by atoms with E-state index in [1.807, 2.05) is 61.8 Å². The van der Waals surface area contributed by atoms with Gasteiger partial charge in [0.05, 0.1) is 65.8 Å². The first-order valence-corrected chi connectivity index (χ1v) is 23.8. The molecule has 372 valence electrons. The van der Waals surface area contributed by atoms with E-state index in [1.54, 1.807) is 45.6 Å². The number of carbonyl (C=O) groups excluding carboxylic acids is 3. The minimum atomic E-state index is -0.524. The van der Waals surface area contributed by atoms with Crippen LogP contribution >= 0.6 is 11.6 Å². The van der Waals surface area contributed by atoms with Gasteiger partial charge in [-0.05, 0) is 133 Å². The summed E-state index contributed by atoms with van der Waals surface area (Å²) in [4.78, 5) is 56.8. The van der Waals surface area contributed by atoms with Crippen LogP contribution in [0.1, 0.15) is 83.6 Å². The van der Waals surface area contributed by atoms with Crippen LogP contribution in [-0.4, -0.2) is 124 Å². The van der Waals surface area contributed by atoms with Gasteiger partial charge < -0.3 is 35.1 Å². The highest BCUT2D eigenvalue weighted by Crippen LogP contribution is 2.26. The van der Waals surface area contributed by atoms with Gasteiger partial charge in [-0.25, -0.2) is 24.7 Å². The molecule has 70 heavy (non-hydrogen) atoms. The molecule has 0 saturated carbocycles. The summed E-state index contributed by atoms with van der Waals surface area (Å²) in [5.74, 6) is 0.901. The maximum absolute atomic E-state index is 12.4. The maximum atomic E-state index is 12.4. The van der Waals surface area contributed by atoms with E-state index in [-0.39, 0.29) is 41.5 Å². The number of nitrogens with two attached hydrogens (primary N) is 1. The van der Waals surface area contributed by atoms with Crippen molar-refractivity contribution in [2.24, 2.45) is 0 Å². The standard InChI is InChI=1S/C23H28N6O2.C20H24ClN3O2.C8H13N3O2/c1-15(2)31-20-13-29(14-20)22(30)7-6-17-4-5-18(10-16(17)3)21-8-9-24-23(28-21)27-19-11-25-26-12-19;1-13(2)26-17-11-24(12-17)19(25)7-6-15-4-5-16(10-14(15)3)18-8-9-22-20(21)23-18;1-8(2,3)13-7(12)11-5-6(9)4-10-11/h4-5,8-12,15,20H,6-7,13-14H2,1-3H3,(H,25,26)(H,24,27,28);4-5,8-10,13,17H,6-7,11-12H2,1-3H3;4-5H,9H2,1-3H3. The largest absolute Gasteiger partial charge is 0.442 e. The Balaban J connectivity index is 0.000000186. The molecule has 0 bridgehead atoms. The van der Waals surface area contributed by atoms with E-state index in [0.717, 1.165) is 56.9 Å². The van der Waals surface area contributed by atoms with Gasteiger partial charge in [0, 0.05) is 68.7 Å². The molecule has 0 unspecified atom stereocenters. The highest BCUT2D eigenvalue weighted by Gasteiger charge is 2.32. The lowest BCUT2D eigenvalue weighted by Crippen LogP contribution is -2.55. The van der Waals surface area contributed by atoms with Crippen LogP contribution in [0.3, 0.4) is 0 Å². The van der Waals surface area contributed by atoms with E-state index in [4.69, 9.17) is 31.5 Å². The molecular formula is C51H65ClN12O6. The number of aromatic amines is 1. The molecule has 18 nitrogen and oxygen atoms in total. The third-order valence-corrected chi connectivity index (χ3v) is 11.2. The molecule has 19 heteroatoms. The molecule has 6 heterocycles. The Bertz CT molecular complexity index is 2670. The molecule has 4 aromatic heterocycles. The van der Waals surface area contributed by atoms with Crippen LogP contribution < -0.4 is 11.1 Å². The van der Waals surface area contributed by atoms with Crippen molar-refractivity contribution in [1.82, 2.24) is 49.7 Å². The molecule has 2 aromatic carbocycles. The second-order valence-electron chi connectivity index (χ2n) is 18.8. The van der Waals surface area contributed by atoms with Crippen molar-refractivity contribution in [3.8, 4) is 22.5 Å². The minimum Gasteiger partial charge on any atom is -0.442 e. The Labute approximate surface area is 414 Å². The van der Waals surface area contributed by atoms with Gasteiger partial charge in [-0.1, -0.05) is 24.3 Å². The maximum Gasteiger partial charge on any atom is 0.435 e. The number of nitrogens with zero attached hydrogens (tertiary/aromatic N) is 9. The Kier molecular flexibility index (Phi) is 18.2. The van der Waals surface area contributed by atoms with Crippen LogP contribution in [0.5, 0.6) is 0 Å². The first-order chi connectivity index (χ1) is 33.3. The molecule has 2 aliphatic heterocycles. The average molecular weight is 978 g/mol. The molecule has 0 spiro atoms. The molecule has 2 aliphatic rings. The molecular weight excluding hydrogens is 912 g/mol. The third kappa shape index (κ3) is 15.9. The number of aromatic nitrogens is 8. The fraction of sp³-hybridized carbons (Fsp3) is 0.431. The summed E-state index contributed by atoms with van der Waals surface area (Å²) in [6, 6.07) is 16.1. The van der Waals surface area contributed by atoms with Crippen molar-refractivity contribution >= 4 is 46.8 Å². The van der Waals surface area contributed by atoms with E-state index in [0.29, 0.717) is 50.7 Å². The molecule has 2 saturated heterocycles. The van der Waals surface area contributed by atoms with Gasteiger partial charge in [0.15, 0.2) is 0 Å². The van der Waals surface area contributed by atoms with Crippen molar-refractivity contribution < 1.29 is 28.6 Å². The number of ether oxygens (including phenoxy) is 3. The first kappa shape index (κ1) is 52.6. The zero-order valence-corrected chi connectivity index (χ0v) is 42.2. The van der Waals surface area contributed by atoms with Gasteiger partial charge >= 0.3 is 6.09 Å². The lowest BCUT2D eigenvalue weighted by atomic mass is 9.99. The van der Waals surface area contributed by atoms with Gasteiger partial charge in [0.1, 0.15) is 5.60 Å². The van der Waals surface area contributed by atoms with Crippen LogP contribution in [0.4, 0.5) is 22.1 Å². The number of aryl methyl sites for hydroxylation is 4. The first-order valence-electron chi connectivity index (χ1n) is 23.5. The molecule has 0 atom stereocenters. The number of benzene rings is 2. The Morgan fingerprint density at radius 3 is 1.76 bits per heavy atom. The SMILES string of the molecule is CC(C)(C)OC(=O)n1cc(N)cn1.Cc1cc(-c2ccnc(Cl)n2)ccc1CCC(=O)N1CC(OC(C)C)C1.Cc1cc(-c2ccnc(Nc3cn[nH]c3)n2)ccc1CCC(=O)N1CC(OC(C)C)C1. The summed E-state index contributed by atoms with van der Waals surface area (Å²) >= 11 is 5.86. The van der Waals surface area contributed by atoms with E-state index in [1.165, 1.54) is 23.5 Å². The highest BCUT2D eigenvalue weighted by molar-refractivity contribution is 6.28. The lowest BCUT2D eigenvalue weighted by molar-refractivity contribution is -0.148. The summed E-state index contributed by atoms with van der Waals surface area (Å²) in [5.41, 5.74) is 14.4. The van der Waals surface area contributed by atoms with E-state index in [9.17, 15) is 14.4 Å². The molecule has 2 amide bonds. The molecule has 0 aliphatic carbocycles. The Morgan fingerprint density at radius 1 is 0.786 bits per heavy atom. The van der Waals surface area contributed by atoms with Gasteiger partial charge in [0.2, 0.25) is 23.0 Å². The zero-order chi connectivity index (χ0) is 50.5. The predicted octanol–water partition coefficient (Wildman–Crippen LogP) is 8.41. The molecule has 2 fully saturated rings. The predicted molar refractivity (Wildman–Crippen MR) is 269 cm³/mol. The number of hydrogen-bond acceptors (Lipinski definition) is 14. The summed E-state index contributed by atoms with van der Waals surface area (Å²) in [6.45, 7) is 20.4. The van der Waals surface area contributed by atoms with Gasteiger partial charge in [0.25, 0.3) is 0 Å². The minimum absolute atomic E-state index is 0.186. The number of rotatable bonds is 14. The Hall–Kier alpha value is -6.76. The monoisotopic (exact) mass is 976 g/mol. The van der Waals surface area contributed by atoms with Crippen molar-refractivity contribution in [3.05, 3.63) is 113 Å². The van der Waals surface area contributed by atoms with Gasteiger partial charge in [-0.15, -0.1) is 0 Å². The third-order valence-electron chi connectivity index (χ3n) is 11.0. The van der Waals surface area contributed by atoms with Crippen LogP contribution in [0, 0.1) is 13.8 Å². The van der Waals surface area contributed by atoms with Crippen LogP contribution in [-0.2, 0) is 36.6 Å². The second-order valence-corrected chi connectivity index (χ2v) is 19.1. The van der Waals surface area contributed by atoms with E-state index in [2.05, 4.69) is 78.7 Å². The Morgan fingerprint density at radius 2 is 1.31 bits per heavy atom. The number of amides is 2. The van der Waals surface area contributed by atoms with Crippen LogP contribution in [0.15, 0.2) is 85.7 Å². The normalized spacial score (nSPS) is 13.7. The van der Waals surface area contributed by atoms with E-state index >= 15 is 0 Å². The van der Waals surface area contributed by atoms with Crippen LogP contribution in [0.25, 0.3) is 22.5 Å². The van der Waals surface area contributed by atoms with E-state index < -0.39 is 11.7 Å². The van der Waals surface area contributed by atoms with Gasteiger partial charge in [-0.2, -0.15) is 14.9 Å². The number of carbonyl (C=O) groups is 3. The smallest absolute Gasteiger partial charge is 0.435 e. The second kappa shape index (κ2) is 24.2. The highest BCUT2D eigenvalue weighted by atomic mass is 35.5. The summed E-state index contributed by atoms with van der Waals surface area (Å²) in [7, 11) is 0. The van der Waals surface area contributed by atoms with Gasteiger partial charge in [-0.3, -0.25) is 14.7 Å².